The van der Waals surface area contributed by atoms with Crippen LogP contribution < -0.4 is 5.32 Å². The fourth-order valence-electron chi connectivity index (χ4n) is 2.78. The van der Waals surface area contributed by atoms with E-state index in [1.54, 1.807) is 0 Å². The van der Waals surface area contributed by atoms with Crippen LogP contribution >= 0.6 is 0 Å². The molecule has 0 bridgehead atoms. The topological polar surface area (TPSA) is 41.6 Å². The number of fused-ring (bicyclic) bond motifs is 1. The van der Waals surface area contributed by atoms with Crippen molar-refractivity contribution in [3.05, 3.63) is 35.4 Å². The first-order valence-electron chi connectivity index (χ1n) is 6.48. The van der Waals surface area contributed by atoms with Crippen LogP contribution in [0.5, 0.6) is 0 Å². The summed E-state index contributed by atoms with van der Waals surface area (Å²) in [6, 6.07) is 8.43. The van der Waals surface area contributed by atoms with Crippen molar-refractivity contribution in [2.45, 2.75) is 32.0 Å². The normalized spacial score (nSPS) is 26.9. The molecule has 2 aliphatic heterocycles. The molecule has 0 aromatic heterocycles. The second-order valence-corrected chi connectivity index (χ2v) is 5.04. The summed E-state index contributed by atoms with van der Waals surface area (Å²) in [4.78, 5) is 13.8. The number of piperidine rings is 1. The van der Waals surface area contributed by atoms with Gasteiger partial charge in [0.05, 0.1) is 6.04 Å². The third-order valence-corrected chi connectivity index (χ3v) is 3.88. The van der Waals surface area contributed by atoms with Gasteiger partial charge in [0.15, 0.2) is 0 Å². The van der Waals surface area contributed by atoms with Gasteiger partial charge in [-0.15, -0.1) is 0 Å². The van der Waals surface area contributed by atoms with E-state index >= 15 is 0 Å². The molecule has 0 aliphatic carbocycles. The molecule has 3 rings (SSSR count). The van der Waals surface area contributed by atoms with Gasteiger partial charge in [0.1, 0.15) is 6.10 Å². The Hall–Kier alpha value is -1.55. The molecule has 4 heteroatoms. The van der Waals surface area contributed by atoms with Crippen LogP contribution in [-0.2, 0) is 11.3 Å². The van der Waals surface area contributed by atoms with Crippen LogP contribution in [0.25, 0.3) is 0 Å². The maximum Gasteiger partial charge on any atom is 0.410 e. The van der Waals surface area contributed by atoms with Crippen LogP contribution in [0.2, 0.25) is 0 Å². The van der Waals surface area contributed by atoms with Gasteiger partial charge in [-0.1, -0.05) is 24.3 Å². The van der Waals surface area contributed by atoms with Crippen molar-refractivity contribution in [3.8, 4) is 0 Å². The second-order valence-electron chi connectivity index (χ2n) is 5.04. The van der Waals surface area contributed by atoms with Crippen molar-refractivity contribution in [1.82, 2.24) is 10.2 Å². The summed E-state index contributed by atoms with van der Waals surface area (Å²) >= 11 is 0. The highest BCUT2D eigenvalue weighted by Crippen LogP contribution is 2.26. The summed E-state index contributed by atoms with van der Waals surface area (Å²) in [6.07, 6.45) is 0.828. The number of amides is 1. The first kappa shape index (κ1) is 11.5. The SMILES string of the molecule is Cc1ccccc1CN1C(=O)OC2CNCCC21. The number of hydrogen-bond donors (Lipinski definition) is 1. The fourth-order valence-corrected chi connectivity index (χ4v) is 2.78. The van der Waals surface area contributed by atoms with Crippen molar-refractivity contribution in [2.75, 3.05) is 13.1 Å². The number of benzene rings is 1. The average Bonchev–Trinajstić information content (AvgIpc) is 2.69. The van der Waals surface area contributed by atoms with Gasteiger partial charge in [0.25, 0.3) is 0 Å². The highest BCUT2D eigenvalue weighted by Gasteiger charge is 2.42. The molecular formula is C14H18N2O2. The Kier molecular flexibility index (Phi) is 2.96. The molecule has 2 unspecified atom stereocenters. The van der Waals surface area contributed by atoms with E-state index in [2.05, 4.69) is 24.4 Å². The number of aryl methyl sites for hydroxylation is 1. The molecule has 2 fully saturated rings. The Morgan fingerprint density at radius 3 is 3.11 bits per heavy atom. The highest BCUT2D eigenvalue weighted by atomic mass is 16.6. The Bertz CT molecular complexity index is 461. The smallest absolute Gasteiger partial charge is 0.410 e. The lowest BCUT2D eigenvalue weighted by Gasteiger charge is -2.28. The van der Waals surface area contributed by atoms with Crippen molar-refractivity contribution in [3.63, 3.8) is 0 Å². The molecule has 18 heavy (non-hydrogen) atoms. The standard InChI is InChI=1S/C14H18N2O2/c1-10-4-2-3-5-11(10)9-16-12-6-7-15-8-13(12)18-14(16)17/h2-5,12-13,15H,6-9H2,1H3. The molecule has 4 nitrogen and oxygen atoms in total. The van der Waals surface area contributed by atoms with Gasteiger partial charge in [0.2, 0.25) is 0 Å². The van der Waals surface area contributed by atoms with Crippen LogP contribution in [0, 0.1) is 6.92 Å². The van der Waals surface area contributed by atoms with Crippen LogP contribution in [-0.4, -0.2) is 36.2 Å². The maximum atomic E-state index is 11.9. The van der Waals surface area contributed by atoms with Crippen LogP contribution in [0.3, 0.4) is 0 Å². The van der Waals surface area contributed by atoms with Gasteiger partial charge in [-0.3, -0.25) is 4.90 Å². The molecule has 2 aliphatic rings. The van der Waals surface area contributed by atoms with Crippen molar-refractivity contribution in [2.24, 2.45) is 0 Å². The predicted molar refractivity (Wildman–Crippen MR) is 68.3 cm³/mol. The molecule has 1 amide bonds. The summed E-state index contributed by atoms with van der Waals surface area (Å²) < 4.78 is 5.41. The molecule has 2 heterocycles. The second kappa shape index (κ2) is 4.61. The largest absolute Gasteiger partial charge is 0.443 e. The van der Waals surface area contributed by atoms with Crippen molar-refractivity contribution < 1.29 is 9.53 Å². The van der Waals surface area contributed by atoms with Gasteiger partial charge in [-0.05, 0) is 31.0 Å². The number of nitrogens with zero attached hydrogens (tertiary/aromatic N) is 1. The lowest BCUT2D eigenvalue weighted by atomic mass is 10.0. The monoisotopic (exact) mass is 246 g/mol. The minimum Gasteiger partial charge on any atom is -0.443 e. The fraction of sp³-hybridized carbons (Fsp3) is 0.500. The van der Waals surface area contributed by atoms with E-state index < -0.39 is 0 Å². The van der Waals surface area contributed by atoms with Gasteiger partial charge >= 0.3 is 6.09 Å². The Morgan fingerprint density at radius 2 is 2.28 bits per heavy atom. The minimum absolute atomic E-state index is 0.0234. The Morgan fingerprint density at radius 1 is 1.44 bits per heavy atom. The van der Waals surface area contributed by atoms with E-state index in [9.17, 15) is 4.79 Å². The van der Waals surface area contributed by atoms with E-state index in [1.165, 1.54) is 11.1 Å². The molecular weight excluding hydrogens is 228 g/mol. The van der Waals surface area contributed by atoms with Gasteiger partial charge in [0, 0.05) is 13.1 Å². The van der Waals surface area contributed by atoms with E-state index in [0.29, 0.717) is 6.54 Å². The van der Waals surface area contributed by atoms with Crippen LogP contribution in [0.1, 0.15) is 17.5 Å². The molecule has 0 saturated carbocycles. The third-order valence-electron chi connectivity index (χ3n) is 3.88. The number of carbonyl (C=O) groups is 1. The quantitative estimate of drug-likeness (QED) is 0.863. The lowest BCUT2D eigenvalue weighted by molar-refractivity contribution is 0.121. The van der Waals surface area contributed by atoms with E-state index in [4.69, 9.17) is 4.74 Å². The van der Waals surface area contributed by atoms with E-state index in [1.807, 2.05) is 17.0 Å². The van der Waals surface area contributed by atoms with E-state index in [-0.39, 0.29) is 18.2 Å². The molecule has 2 atom stereocenters. The number of rotatable bonds is 2. The zero-order valence-corrected chi connectivity index (χ0v) is 10.6. The molecule has 2 saturated heterocycles. The highest BCUT2D eigenvalue weighted by molar-refractivity contribution is 5.71. The van der Waals surface area contributed by atoms with Gasteiger partial charge in [-0.25, -0.2) is 4.79 Å². The summed E-state index contributed by atoms with van der Waals surface area (Å²) in [7, 11) is 0. The zero-order valence-electron chi connectivity index (χ0n) is 10.6. The minimum atomic E-state index is -0.169. The number of carbonyl (C=O) groups excluding carboxylic acids is 1. The summed E-state index contributed by atoms with van der Waals surface area (Å²) in [5.74, 6) is 0. The Labute approximate surface area is 107 Å². The van der Waals surface area contributed by atoms with Crippen LogP contribution in [0.15, 0.2) is 24.3 Å². The molecule has 0 spiro atoms. The van der Waals surface area contributed by atoms with Crippen molar-refractivity contribution in [1.29, 1.82) is 0 Å². The lowest BCUT2D eigenvalue weighted by Crippen LogP contribution is -2.47. The summed E-state index contributed by atoms with van der Waals surface area (Å²) in [5, 5.41) is 3.27. The first-order chi connectivity index (χ1) is 8.75. The van der Waals surface area contributed by atoms with E-state index in [0.717, 1.165) is 19.5 Å². The number of nitrogens with one attached hydrogen (secondary N) is 1. The molecule has 1 aromatic rings. The van der Waals surface area contributed by atoms with Crippen molar-refractivity contribution >= 4 is 6.09 Å². The zero-order chi connectivity index (χ0) is 12.5. The molecule has 1 aromatic carbocycles. The first-order valence-corrected chi connectivity index (χ1v) is 6.48. The summed E-state index contributed by atoms with van der Waals surface area (Å²) in [5.41, 5.74) is 2.43. The van der Waals surface area contributed by atoms with Crippen LogP contribution in [0.4, 0.5) is 4.79 Å². The molecule has 96 valence electrons. The number of hydrogen-bond acceptors (Lipinski definition) is 3. The average molecular weight is 246 g/mol. The van der Waals surface area contributed by atoms with Gasteiger partial charge < -0.3 is 10.1 Å². The van der Waals surface area contributed by atoms with Gasteiger partial charge in [-0.2, -0.15) is 0 Å². The summed E-state index contributed by atoms with van der Waals surface area (Å²) in [6.45, 7) is 4.48. The molecule has 0 radical (unpaired) electrons. The Balaban J connectivity index is 1.79. The predicted octanol–water partition coefficient (Wildman–Crippen LogP) is 1.68. The maximum absolute atomic E-state index is 11.9. The third kappa shape index (κ3) is 1.97. The molecule has 1 N–H and O–H groups in total. The number of ether oxygens (including phenoxy) is 1.